The van der Waals surface area contributed by atoms with Crippen molar-refractivity contribution in [3.8, 4) is 0 Å². The Morgan fingerprint density at radius 1 is 1.50 bits per heavy atom. The van der Waals surface area contributed by atoms with Gasteiger partial charge in [0.2, 0.25) is 5.91 Å². The molecule has 0 aromatic carbocycles. The van der Waals surface area contributed by atoms with Gasteiger partial charge in [-0.1, -0.05) is 38.8 Å². The van der Waals surface area contributed by atoms with Crippen LogP contribution in [0.4, 0.5) is 0 Å². The molecule has 1 heterocycles. The van der Waals surface area contributed by atoms with E-state index in [-0.39, 0.29) is 5.91 Å². The monoisotopic (exact) mass is 320 g/mol. The fraction of sp³-hybridized carbons (Fsp3) is 0.611. The fourth-order valence-corrected chi connectivity index (χ4v) is 3.98. The van der Waals surface area contributed by atoms with Crippen molar-refractivity contribution in [2.75, 3.05) is 13.1 Å². The van der Waals surface area contributed by atoms with Crippen molar-refractivity contribution in [2.45, 2.75) is 45.7 Å². The van der Waals surface area contributed by atoms with Gasteiger partial charge in [-0.15, -0.1) is 17.9 Å². The van der Waals surface area contributed by atoms with Gasteiger partial charge in [0.05, 0.1) is 6.54 Å². The number of thiophene rings is 1. The molecule has 122 valence electrons. The molecule has 0 spiro atoms. The SMILES string of the molecule is C=CCN(CC(=O)NC1CCCC(C)C1C)Cc1cccs1. The molecule has 1 aromatic rings. The average molecular weight is 321 g/mol. The van der Waals surface area contributed by atoms with Crippen molar-refractivity contribution >= 4 is 17.2 Å². The van der Waals surface area contributed by atoms with Gasteiger partial charge in [-0.2, -0.15) is 0 Å². The standard InChI is InChI=1S/C18H28N2OS/c1-4-10-20(12-16-8-6-11-22-16)13-18(21)19-17-9-5-7-14(2)15(17)3/h4,6,8,11,14-15,17H,1,5,7,9-10,12-13H2,2-3H3,(H,19,21). The highest BCUT2D eigenvalue weighted by Crippen LogP contribution is 2.29. The van der Waals surface area contributed by atoms with E-state index in [9.17, 15) is 4.79 Å². The lowest BCUT2D eigenvalue weighted by Crippen LogP contribution is -2.47. The predicted molar refractivity (Wildman–Crippen MR) is 93.9 cm³/mol. The normalized spacial score (nSPS) is 25.1. The zero-order valence-corrected chi connectivity index (χ0v) is 14.6. The van der Waals surface area contributed by atoms with Gasteiger partial charge in [-0.3, -0.25) is 9.69 Å². The zero-order valence-electron chi connectivity index (χ0n) is 13.8. The summed E-state index contributed by atoms with van der Waals surface area (Å²) in [6, 6.07) is 4.50. The van der Waals surface area contributed by atoms with E-state index in [1.807, 2.05) is 6.08 Å². The Kier molecular flexibility index (Phi) is 6.65. The molecule has 1 aliphatic carbocycles. The van der Waals surface area contributed by atoms with Crippen LogP contribution in [0.5, 0.6) is 0 Å². The summed E-state index contributed by atoms with van der Waals surface area (Å²) >= 11 is 1.73. The Balaban J connectivity index is 1.86. The van der Waals surface area contributed by atoms with Gasteiger partial charge in [-0.05, 0) is 29.7 Å². The van der Waals surface area contributed by atoms with Crippen LogP contribution in [0.1, 0.15) is 38.0 Å². The molecule has 0 bridgehead atoms. The third-order valence-corrected chi connectivity index (χ3v) is 5.63. The quantitative estimate of drug-likeness (QED) is 0.777. The Bertz CT molecular complexity index is 471. The van der Waals surface area contributed by atoms with Crippen molar-refractivity contribution < 1.29 is 4.79 Å². The maximum absolute atomic E-state index is 12.4. The molecule has 0 aliphatic heterocycles. The van der Waals surface area contributed by atoms with Crippen molar-refractivity contribution in [1.29, 1.82) is 0 Å². The summed E-state index contributed by atoms with van der Waals surface area (Å²) in [5, 5.41) is 5.33. The van der Waals surface area contributed by atoms with Crippen molar-refractivity contribution in [2.24, 2.45) is 11.8 Å². The van der Waals surface area contributed by atoms with Gasteiger partial charge in [-0.25, -0.2) is 0 Å². The molecule has 22 heavy (non-hydrogen) atoms. The van der Waals surface area contributed by atoms with Crippen LogP contribution in [0.3, 0.4) is 0 Å². The molecular weight excluding hydrogens is 292 g/mol. The number of nitrogens with zero attached hydrogens (tertiary/aromatic N) is 1. The number of amides is 1. The van der Waals surface area contributed by atoms with Gasteiger partial charge in [0.15, 0.2) is 0 Å². The average Bonchev–Trinajstić information content (AvgIpc) is 2.97. The van der Waals surface area contributed by atoms with E-state index in [0.29, 0.717) is 24.4 Å². The van der Waals surface area contributed by atoms with Gasteiger partial charge >= 0.3 is 0 Å². The first-order valence-electron chi connectivity index (χ1n) is 8.25. The zero-order chi connectivity index (χ0) is 15.9. The molecule has 3 nitrogen and oxygen atoms in total. The van der Waals surface area contributed by atoms with E-state index in [2.05, 4.69) is 48.2 Å². The first-order valence-corrected chi connectivity index (χ1v) is 9.13. The Hall–Kier alpha value is -1.13. The Morgan fingerprint density at radius 3 is 3.00 bits per heavy atom. The summed E-state index contributed by atoms with van der Waals surface area (Å²) < 4.78 is 0. The molecule has 1 amide bonds. The molecule has 1 fully saturated rings. The van der Waals surface area contributed by atoms with Gasteiger partial charge < -0.3 is 5.32 Å². The molecule has 0 saturated heterocycles. The van der Waals surface area contributed by atoms with E-state index in [1.165, 1.54) is 17.7 Å². The minimum absolute atomic E-state index is 0.143. The second-order valence-corrected chi connectivity index (χ2v) is 7.51. The molecule has 2 rings (SSSR count). The van der Waals surface area contributed by atoms with Gasteiger partial charge in [0.1, 0.15) is 0 Å². The fourth-order valence-electron chi connectivity index (χ4n) is 3.23. The van der Waals surface area contributed by atoms with Crippen molar-refractivity contribution in [3.63, 3.8) is 0 Å². The second-order valence-electron chi connectivity index (χ2n) is 6.48. The summed E-state index contributed by atoms with van der Waals surface area (Å²) in [6.45, 7) is 10.4. The Labute approximate surface area is 138 Å². The summed E-state index contributed by atoms with van der Waals surface area (Å²) in [7, 11) is 0. The highest BCUT2D eigenvalue weighted by Gasteiger charge is 2.28. The summed E-state index contributed by atoms with van der Waals surface area (Å²) in [5.74, 6) is 1.42. The van der Waals surface area contributed by atoms with Crippen LogP contribution in [0, 0.1) is 11.8 Å². The maximum atomic E-state index is 12.4. The summed E-state index contributed by atoms with van der Waals surface area (Å²) in [6.07, 6.45) is 5.49. The molecule has 3 atom stereocenters. The van der Waals surface area contributed by atoms with Gasteiger partial charge in [0.25, 0.3) is 0 Å². The molecular formula is C18H28N2OS. The van der Waals surface area contributed by atoms with E-state index >= 15 is 0 Å². The van der Waals surface area contributed by atoms with Crippen LogP contribution >= 0.6 is 11.3 Å². The molecule has 1 aliphatic rings. The molecule has 4 heteroatoms. The lowest BCUT2D eigenvalue weighted by Gasteiger charge is -2.35. The molecule has 0 radical (unpaired) electrons. The van der Waals surface area contributed by atoms with Crippen LogP contribution in [0.15, 0.2) is 30.2 Å². The van der Waals surface area contributed by atoms with Crippen LogP contribution in [-0.4, -0.2) is 29.9 Å². The topological polar surface area (TPSA) is 32.3 Å². The number of hydrogen-bond acceptors (Lipinski definition) is 3. The number of rotatable bonds is 7. The highest BCUT2D eigenvalue weighted by atomic mass is 32.1. The lowest BCUT2D eigenvalue weighted by molar-refractivity contribution is -0.123. The van der Waals surface area contributed by atoms with Crippen molar-refractivity contribution in [3.05, 3.63) is 35.0 Å². The first kappa shape index (κ1) is 17.2. The van der Waals surface area contributed by atoms with Gasteiger partial charge in [0, 0.05) is 24.0 Å². The minimum Gasteiger partial charge on any atom is -0.352 e. The first-order chi connectivity index (χ1) is 10.6. The number of carbonyl (C=O) groups excluding carboxylic acids is 1. The molecule has 3 unspecified atom stereocenters. The van der Waals surface area contributed by atoms with E-state index in [4.69, 9.17) is 0 Å². The number of carbonyl (C=O) groups is 1. The second kappa shape index (κ2) is 8.49. The largest absolute Gasteiger partial charge is 0.352 e. The molecule has 1 aromatic heterocycles. The molecule has 1 saturated carbocycles. The molecule has 1 N–H and O–H groups in total. The maximum Gasteiger partial charge on any atom is 0.234 e. The van der Waals surface area contributed by atoms with E-state index < -0.39 is 0 Å². The van der Waals surface area contributed by atoms with Crippen LogP contribution < -0.4 is 5.32 Å². The smallest absolute Gasteiger partial charge is 0.234 e. The number of nitrogens with one attached hydrogen (secondary N) is 1. The van der Waals surface area contributed by atoms with Crippen LogP contribution in [0.2, 0.25) is 0 Å². The van der Waals surface area contributed by atoms with Crippen LogP contribution in [0.25, 0.3) is 0 Å². The third-order valence-electron chi connectivity index (χ3n) is 4.77. The van der Waals surface area contributed by atoms with E-state index in [1.54, 1.807) is 11.3 Å². The van der Waals surface area contributed by atoms with Crippen molar-refractivity contribution in [1.82, 2.24) is 10.2 Å². The Morgan fingerprint density at radius 2 is 2.32 bits per heavy atom. The number of hydrogen-bond donors (Lipinski definition) is 1. The predicted octanol–water partition coefficient (Wildman–Crippen LogP) is 3.68. The van der Waals surface area contributed by atoms with E-state index in [0.717, 1.165) is 19.5 Å². The highest BCUT2D eigenvalue weighted by molar-refractivity contribution is 7.09. The minimum atomic E-state index is 0.143. The summed E-state index contributed by atoms with van der Waals surface area (Å²) in [5.41, 5.74) is 0. The lowest BCUT2D eigenvalue weighted by atomic mass is 9.78. The third kappa shape index (κ3) is 4.96. The summed E-state index contributed by atoms with van der Waals surface area (Å²) in [4.78, 5) is 15.8. The van der Waals surface area contributed by atoms with Crippen LogP contribution in [-0.2, 0) is 11.3 Å².